The van der Waals surface area contributed by atoms with Crippen LogP contribution in [0.3, 0.4) is 0 Å². The summed E-state index contributed by atoms with van der Waals surface area (Å²) in [5.41, 5.74) is 4.61. The van der Waals surface area contributed by atoms with E-state index in [1.807, 2.05) is 6.92 Å². The highest BCUT2D eigenvalue weighted by Gasteiger charge is 2.15. The van der Waals surface area contributed by atoms with Crippen LogP contribution in [0.4, 0.5) is 0 Å². The van der Waals surface area contributed by atoms with Crippen LogP contribution in [0.2, 0.25) is 0 Å². The number of rotatable bonds is 2. The van der Waals surface area contributed by atoms with Gasteiger partial charge in [-0.3, -0.25) is 0 Å². The fraction of sp³-hybridized carbons (Fsp3) is 0.455. The molecule has 14 heavy (non-hydrogen) atoms. The maximum Gasteiger partial charge on any atom is 0.125 e. The third-order valence-corrected chi connectivity index (χ3v) is 3.97. The molecule has 0 aromatic heterocycles. The zero-order chi connectivity index (χ0) is 10.9. The van der Waals surface area contributed by atoms with Crippen molar-refractivity contribution in [3.8, 4) is 5.75 Å². The largest absolute Gasteiger partial charge is 0.496 e. The van der Waals surface area contributed by atoms with E-state index >= 15 is 0 Å². The van der Waals surface area contributed by atoms with Gasteiger partial charge < -0.3 is 4.74 Å². The fourth-order valence-corrected chi connectivity index (χ4v) is 2.84. The quantitative estimate of drug-likeness (QED) is 0.739. The second-order valence-corrected chi connectivity index (χ2v) is 4.39. The molecule has 0 amide bonds. The maximum absolute atomic E-state index is 5.91. The number of ether oxygens (including phenoxy) is 1. The highest BCUT2D eigenvalue weighted by molar-refractivity contribution is 9.10. The summed E-state index contributed by atoms with van der Waals surface area (Å²) in [6, 6.07) is 0. The Morgan fingerprint density at radius 3 is 2.14 bits per heavy atom. The van der Waals surface area contributed by atoms with Gasteiger partial charge >= 0.3 is 0 Å². The lowest BCUT2D eigenvalue weighted by atomic mass is 10.00. The van der Waals surface area contributed by atoms with E-state index in [9.17, 15) is 0 Å². The van der Waals surface area contributed by atoms with Gasteiger partial charge in [0.25, 0.3) is 0 Å². The summed E-state index contributed by atoms with van der Waals surface area (Å²) in [4.78, 5) is 0. The van der Waals surface area contributed by atoms with E-state index in [2.05, 4.69) is 29.8 Å². The molecule has 0 aliphatic rings. The van der Waals surface area contributed by atoms with Crippen molar-refractivity contribution in [2.75, 3.05) is 7.11 Å². The average Bonchev–Trinajstić information content (AvgIpc) is 2.16. The van der Waals surface area contributed by atoms with Gasteiger partial charge in [0.05, 0.1) is 7.11 Å². The first kappa shape index (κ1) is 11.9. The van der Waals surface area contributed by atoms with Crippen molar-refractivity contribution in [2.45, 2.75) is 26.7 Å². The predicted octanol–water partition coefficient (Wildman–Crippen LogP) is 4.12. The highest BCUT2D eigenvalue weighted by atomic mass is 79.9. The minimum Gasteiger partial charge on any atom is -0.496 e. The maximum atomic E-state index is 5.91. The molecule has 0 unspecified atom stereocenters. The van der Waals surface area contributed by atoms with E-state index in [0.29, 0.717) is 5.88 Å². The van der Waals surface area contributed by atoms with E-state index < -0.39 is 0 Å². The molecule has 1 aromatic carbocycles. The Hall–Kier alpha value is -0.210. The summed E-state index contributed by atoms with van der Waals surface area (Å²) in [6.07, 6.45) is 0. The molecule has 0 aliphatic carbocycles. The third kappa shape index (κ3) is 1.78. The van der Waals surface area contributed by atoms with E-state index in [1.165, 1.54) is 11.1 Å². The van der Waals surface area contributed by atoms with Gasteiger partial charge in [0, 0.05) is 10.4 Å². The van der Waals surface area contributed by atoms with Crippen molar-refractivity contribution in [3.63, 3.8) is 0 Å². The Bertz CT molecular complexity index is 330. The molecule has 1 rings (SSSR count). The van der Waals surface area contributed by atoms with Gasteiger partial charge in [0.15, 0.2) is 0 Å². The van der Waals surface area contributed by atoms with Crippen LogP contribution in [0.25, 0.3) is 0 Å². The first-order chi connectivity index (χ1) is 6.54. The Kier molecular flexibility index (Phi) is 3.85. The monoisotopic (exact) mass is 276 g/mol. The van der Waals surface area contributed by atoms with Crippen molar-refractivity contribution in [2.24, 2.45) is 0 Å². The minimum atomic E-state index is 0.504. The summed E-state index contributed by atoms with van der Waals surface area (Å²) in [7, 11) is 1.70. The summed E-state index contributed by atoms with van der Waals surface area (Å²) >= 11 is 9.47. The number of alkyl halides is 1. The smallest absolute Gasteiger partial charge is 0.125 e. The predicted molar refractivity (Wildman–Crippen MR) is 64.5 cm³/mol. The average molecular weight is 278 g/mol. The van der Waals surface area contributed by atoms with E-state index in [4.69, 9.17) is 16.3 Å². The second kappa shape index (κ2) is 4.54. The zero-order valence-electron chi connectivity index (χ0n) is 8.87. The first-order valence-electron chi connectivity index (χ1n) is 4.42. The number of methoxy groups -OCH3 is 1. The summed E-state index contributed by atoms with van der Waals surface area (Å²) in [6.45, 7) is 6.16. The lowest BCUT2D eigenvalue weighted by Crippen LogP contribution is -1.99. The van der Waals surface area contributed by atoms with Crippen molar-refractivity contribution in [1.29, 1.82) is 0 Å². The second-order valence-electron chi connectivity index (χ2n) is 3.33. The standard InChI is InChI=1S/C11H14BrClO/c1-6-7(2)11(14-4)8(3)9(5-13)10(6)12/h5H2,1-4H3. The number of hydrogen-bond donors (Lipinski definition) is 0. The third-order valence-electron chi connectivity index (χ3n) is 2.63. The normalized spacial score (nSPS) is 10.4. The number of hydrogen-bond acceptors (Lipinski definition) is 1. The molecule has 3 heteroatoms. The summed E-state index contributed by atoms with van der Waals surface area (Å²) < 4.78 is 6.47. The molecule has 0 bridgehead atoms. The van der Waals surface area contributed by atoms with Gasteiger partial charge in [-0.1, -0.05) is 15.9 Å². The molecule has 0 atom stereocenters. The van der Waals surface area contributed by atoms with Gasteiger partial charge in [0.1, 0.15) is 5.75 Å². The zero-order valence-corrected chi connectivity index (χ0v) is 11.2. The van der Waals surface area contributed by atoms with Gasteiger partial charge in [-0.15, -0.1) is 11.6 Å². The first-order valence-corrected chi connectivity index (χ1v) is 5.75. The molecule has 0 saturated carbocycles. The van der Waals surface area contributed by atoms with Crippen molar-refractivity contribution >= 4 is 27.5 Å². The molecule has 0 heterocycles. The molecule has 0 spiro atoms. The van der Waals surface area contributed by atoms with Crippen LogP contribution in [0.1, 0.15) is 22.3 Å². The Morgan fingerprint density at radius 2 is 1.71 bits per heavy atom. The molecule has 0 N–H and O–H groups in total. The van der Waals surface area contributed by atoms with Crippen molar-refractivity contribution in [3.05, 3.63) is 26.7 Å². The van der Waals surface area contributed by atoms with E-state index in [0.717, 1.165) is 21.3 Å². The summed E-state index contributed by atoms with van der Waals surface area (Å²) in [5.74, 6) is 1.45. The van der Waals surface area contributed by atoms with Gasteiger partial charge in [-0.2, -0.15) is 0 Å². The Morgan fingerprint density at radius 1 is 1.14 bits per heavy atom. The molecule has 0 radical (unpaired) electrons. The molecule has 0 saturated heterocycles. The Balaban J connectivity index is 3.56. The molecule has 0 aliphatic heterocycles. The van der Waals surface area contributed by atoms with Crippen molar-refractivity contribution < 1.29 is 4.74 Å². The van der Waals surface area contributed by atoms with Crippen LogP contribution >= 0.6 is 27.5 Å². The molecule has 1 aromatic rings. The molecular weight excluding hydrogens is 263 g/mol. The number of benzene rings is 1. The van der Waals surface area contributed by atoms with Crippen LogP contribution in [-0.2, 0) is 5.88 Å². The lowest BCUT2D eigenvalue weighted by molar-refractivity contribution is 0.407. The molecule has 0 fully saturated rings. The molecule has 1 nitrogen and oxygen atoms in total. The SMILES string of the molecule is COc1c(C)c(C)c(Br)c(CCl)c1C. The van der Waals surface area contributed by atoms with Crippen LogP contribution < -0.4 is 4.74 Å². The minimum absolute atomic E-state index is 0.504. The molecule has 78 valence electrons. The fourth-order valence-electron chi connectivity index (χ4n) is 1.61. The van der Waals surface area contributed by atoms with Crippen LogP contribution in [0.15, 0.2) is 4.47 Å². The van der Waals surface area contributed by atoms with Gasteiger partial charge in [0.2, 0.25) is 0 Å². The Labute approximate surface area is 98.5 Å². The molecular formula is C11H14BrClO. The highest BCUT2D eigenvalue weighted by Crippen LogP contribution is 2.36. The van der Waals surface area contributed by atoms with Crippen LogP contribution in [0.5, 0.6) is 5.75 Å². The topological polar surface area (TPSA) is 9.23 Å². The lowest BCUT2D eigenvalue weighted by Gasteiger charge is -2.17. The number of halogens is 2. The van der Waals surface area contributed by atoms with Crippen LogP contribution in [0, 0.1) is 20.8 Å². The van der Waals surface area contributed by atoms with E-state index in [1.54, 1.807) is 7.11 Å². The van der Waals surface area contributed by atoms with Crippen LogP contribution in [-0.4, -0.2) is 7.11 Å². The van der Waals surface area contributed by atoms with Gasteiger partial charge in [-0.25, -0.2) is 0 Å². The van der Waals surface area contributed by atoms with Gasteiger partial charge in [-0.05, 0) is 43.0 Å². The van der Waals surface area contributed by atoms with E-state index in [-0.39, 0.29) is 0 Å². The summed E-state index contributed by atoms with van der Waals surface area (Å²) in [5, 5.41) is 0. The van der Waals surface area contributed by atoms with Crippen molar-refractivity contribution in [1.82, 2.24) is 0 Å².